The molecule has 0 aromatic carbocycles. The van der Waals surface area contributed by atoms with Gasteiger partial charge in [-0.15, -0.1) is 0 Å². The standard InChI is InChI=1S/C17H32N4O3/c1-5-18-17(19-10-7-8-15(22)24-6-2)20-14-9-11-21(12-14)16(23)13(3)4/h13-14H,5-12H2,1-4H3,(H2,18,19,20). The van der Waals surface area contributed by atoms with Gasteiger partial charge in [0.25, 0.3) is 0 Å². The number of amides is 1. The van der Waals surface area contributed by atoms with E-state index in [1.807, 2.05) is 25.7 Å². The van der Waals surface area contributed by atoms with Crippen LogP contribution in [0.4, 0.5) is 0 Å². The van der Waals surface area contributed by atoms with E-state index in [0.29, 0.717) is 32.5 Å². The summed E-state index contributed by atoms with van der Waals surface area (Å²) in [4.78, 5) is 29.8. The zero-order valence-electron chi connectivity index (χ0n) is 15.4. The Hall–Kier alpha value is -1.79. The van der Waals surface area contributed by atoms with Crippen molar-refractivity contribution in [3.05, 3.63) is 0 Å². The molecular formula is C17H32N4O3. The fourth-order valence-corrected chi connectivity index (χ4v) is 2.60. The lowest BCUT2D eigenvalue weighted by atomic mass is 10.2. The van der Waals surface area contributed by atoms with Crippen molar-refractivity contribution in [2.75, 3.05) is 32.8 Å². The molecule has 2 N–H and O–H groups in total. The van der Waals surface area contributed by atoms with Crippen LogP contribution in [-0.2, 0) is 14.3 Å². The Labute approximate surface area is 145 Å². The zero-order chi connectivity index (χ0) is 17.9. The van der Waals surface area contributed by atoms with Crippen LogP contribution in [-0.4, -0.2) is 61.6 Å². The SMILES string of the molecule is CCNC(=NCCCC(=O)OCC)NC1CCN(C(=O)C(C)C)C1. The number of esters is 1. The van der Waals surface area contributed by atoms with Gasteiger partial charge in [0.15, 0.2) is 5.96 Å². The second-order valence-corrected chi connectivity index (χ2v) is 6.24. The number of guanidine groups is 1. The van der Waals surface area contributed by atoms with Crippen LogP contribution >= 0.6 is 0 Å². The number of aliphatic imine (C=N–C) groups is 1. The molecule has 1 heterocycles. The van der Waals surface area contributed by atoms with Crippen molar-refractivity contribution in [3.8, 4) is 0 Å². The van der Waals surface area contributed by atoms with Gasteiger partial charge in [0, 0.05) is 44.6 Å². The molecule has 0 aliphatic carbocycles. The van der Waals surface area contributed by atoms with E-state index in [1.54, 1.807) is 6.92 Å². The number of carbonyl (C=O) groups excluding carboxylic acids is 2. The lowest BCUT2D eigenvalue weighted by Crippen LogP contribution is -2.45. The number of nitrogens with zero attached hydrogens (tertiary/aromatic N) is 2. The molecule has 7 nitrogen and oxygen atoms in total. The van der Waals surface area contributed by atoms with Gasteiger partial charge in [-0.3, -0.25) is 14.6 Å². The summed E-state index contributed by atoms with van der Waals surface area (Å²) in [5.74, 6) is 0.804. The normalized spacial score (nSPS) is 18.0. The van der Waals surface area contributed by atoms with Gasteiger partial charge >= 0.3 is 5.97 Å². The second kappa shape index (κ2) is 10.9. The van der Waals surface area contributed by atoms with E-state index in [2.05, 4.69) is 15.6 Å². The predicted octanol–water partition coefficient (Wildman–Crippen LogP) is 1.14. The van der Waals surface area contributed by atoms with Crippen molar-refractivity contribution < 1.29 is 14.3 Å². The Kier molecular flexibility index (Phi) is 9.19. The van der Waals surface area contributed by atoms with Gasteiger partial charge in [0.05, 0.1) is 6.61 Å². The molecule has 7 heteroatoms. The molecule has 138 valence electrons. The maximum Gasteiger partial charge on any atom is 0.305 e. The third-order valence-electron chi connectivity index (χ3n) is 3.79. The highest BCUT2D eigenvalue weighted by molar-refractivity contribution is 5.81. The van der Waals surface area contributed by atoms with Gasteiger partial charge in [-0.05, 0) is 26.7 Å². The molecular weight excluding hydrogens is 308 g/mol. The van der Waals surface area contributed by atoms with E-state index < -0.39 is 0 Å². The second-order valence-electron chi connectivity index (χ2n) is 6.24. The molecule has 1 rings (SSSR count). The molecule has 1 fully saturated rings. The first-order chi connectivity index (χ1) is 11.5. The fourth-order valence-electron chi connectivity index (χ4n) is 2.60. The number of ether oxygens (including phenoxy) is 1. The molecule has 0 aromatic heterocycles. The Morgan fingerprint density at radius 1 is 1.33 bits per heavy atom. The fraction of sp³-hybridized carbons (Fsp3) is 0.824. The highest BCUT2D eigenvalue weighted by Gasteiger charge is 2.27. The molecule has 0 radical (unpaired) electrons. The Balaban J connectivity index is 2.41. The molecule has 1 saturated heterocycles. The summed E-state index contributed by atoms with van der Waals surface area (Å²) < 4.78 is 4.90. The van der Waals surface area contributed by atoms with Crippen LogP contribution in [0.3, 0.4) is 0 Å². The highest BCUT2D eigenvalue weighted by atomic mass is 16.5. The highest BCUT2D eigenvalue weighted by Crippen LogP contribution is 2.12. The van der Waals surface area contributed by atoms with E-state index >= 15 is 0 Å². The van der Waals surface area contributed by atoms with Crippen LogP contribution in [0.1, 0.15) is 47.0 Å². The minimum absolute atomic E-state index is 0.0357. The summed E-state index contributed by atoms with van der Waals surface area (Å²) in [5.41, 5.74) is 0. The van der Waals surface area contributed by atoms with Crippen LogP contribution in [0.2, 0.25) is 0 Å². The van der Waals surface area contributed by atoms with E-state index in [4.69, 9.17) is 4.74 Å². The minimum Gasteiger partial charge on any atom is -0.466 e. The third kappa shape index (κ3) is 7.19. The third-order valence-corrected chi connectivity index (χ3v) is 3.79. The van der Waals surface area contributed by atoms with Crippen molar-refractivity contribution in [2.24, 2.45) is 10.9 Å². The van der Waals surface area contributed by atoms with E-state index in [9.17, 15) is 9.59 Å². The summed E-state index contributed by atoms with van der Waals surface area (Å²) in [6.45, 7) is 10.9. The molecule has 24 heavy (non-hydrogen) atoms. The lowest BCUT2D eigenvalue weighted by Gasteiger charge is -2.20. The first kappa shape index (κ1) is 20.3. The number of nitrogens with one attached hydrogen (secondary N) is 2. The van der Waals surface area contributed by atoms with Crippen LogP contribution in [0.15, 0.2) is 4.99 Å². The van der Waals surface area contributed by atoms with E-state index in [-0.39, 0.29) is 23.8 Å². The van der Waals surface area contributed by atoms with Crippen LogP contribution < -0.4 is 10.6 Å². The largest absolute Gasteiger partial charge is 0.466 e. The van der Waals surface area contributed by atoms with Crippen molar-refractivity contribution in [3.63, 3.8) is 0 Å². The Morgan fingerprint density at radius 3 is 2.71 bits per heavy atom. The summed E-state index contributed by atoms with van der Waals surface area (Å²) in [6.07, 6.45) is 1.97. The summed E-state index contributed by atoms with van der Waals surface area (Å²) in [5, 5.41) is 6.59. The average molecular weight is 340 g/mol. The Bertz CT molecular complexity index is 438. The predicted molar refractivity (Wildman–Crippen MR) is 94.8 cm³/mol. The molecule has 0 saturated carbocycles. The van der Waals surface area contributed by atoms with Gasteiger partial charge in [-0.25, -0.2) is 0 Å². The van der Waals surface area contributed by atoms with Gasteiger partial charge in [-0.1, -0.05) is 13.8 Å². The maximum atomic E-state index is 12.0. The number of carbonyl (C=O) groups is 2. The van der Waals surface area contributed by atoms with Crippen LogP contribution in [0.5, 0.6) is 0 Å². The van der Waals surface area contributed by atoms with Crippen molar-refractivity contribution in [2.45, 2.75) is 53.0 Å². The number of hydrogen-bond donors (Lipinski definition) is 2. The number of rotatable bonds is 8. The molecule has 0 bridgehead atoms. The topological polar surface area (TPSA) is 83.0 Å². The van der Waals surface area contributed by atoms with Crippen LogP contribution in [0, 0.1) is 5.92 Å². The quantitative estimate of drug-likeness (QED) is 0.300. The average Bonchev–Trinajstić information content (AvgIpc) is 2.99. The van der Waals surface area contributed by atoms with Gasteiger partial charge in [-0.2, -0.15) is 0 Å². The minimum atomic E-state index is -0.177. The molecule has 1 unspecified atom stereocenters. The molecule has 0 spiro atoms. The van der Waals surface area contributed by atoms with Gasteiger partial charge in [0.1, 0.15) is 0 Å². The summed E-state index contributed by atoms with van der Waals surface area (Å²) in [6, 6.07) is 0.218. The van der Waals surface area contributed by atoms with Crippen molar-refractivity contribution in [1.82, 2.24) is 15.5 Å². The smallest absolute Gasteiger partial charge is 0.305 e. The van der Waals surface area contributed by atoms with Gasteiger partial charge < -0.3 is 20.3 Å². The number of likely N-dealkylation sites (tertiary alicyclic amines) is 1. The monoisotopic (exact) mass is 340 g/mol. The molecule has 0 aromatic rings. The summed E-state index contributed by atoms with van der Waals surface area (Å²) in [7, 11) is 0. The van der Waals surface area contributed by atoms with E-state index in [1.165, 1.54) is 0 Å². The molecule has 1 amide bonds. The number of hydrogen-bond acceptors (Lipinski definition) is 4. The first-order valence-electron chi connectivity index (χ1n) is 8.97. The van der Waals surface area contributed by atoms with Crippen LogP contribution in [0.25, 0.3) is 0 Å². The summed E-state index contributed by atoms with van der Waals surface area (Å²) >= 11 is 0. The Morgan fingerprint density at radius 2 is 2.08 bits per heavy atom. The molecule has 1 aliphatic rings. The maximum absolute atomic E-state index is 12.0. The lowest BCUT2D eigenvalue weighted by molar-refractivity contribution is -0.143. The van der Waals surface area contributed by atoms with E-state index in [0.717, 1.165) is 25.5 Å². The first-order valence-corrected chi connectivity index (χ1v) is 8.97. The van der Waals surface area contributed by atoms with Crippen molar-refractivity contribution in [1.29, 1.82) is 0 Å². The van der Waals surface area contributed by atoms with Crippen molar-refractivity contribution >= 4 is 17.8 Å². The molecule has 1 aliphatic heterocycles. The zero-order valence-corrected chi connectivity index (χ0v) is 15.4. The van der Waals surface area contributed by atoms with Gasteiger partial charge in [0.2, 0.25) is 5.91 Å². The molecule has 1 atom stereocenters.